The van der Waals surface area contributed by atoms with Crippen molar-refractivity contribution in [1.29, 1.82) is 0 Å². The Morgan fingerprint density at radius 3 is 1.86 bits per heavy atom. The minimum atomic E-state index is -2.23. The molecule has 1 rings (SSSR count). The van der Waals surface area contributed by atoms with E-state index in [0.29, 0.717) is 5.92 Å². The van der Waals surface area contributed by atoms with E-state index in [4.69, 9.17) is 0 Å². The molecule has 0 radical (unpaired) electrons. The predicted molar refractivity (Wildman–Crippen MR) is 129 cm³/mol. The quantitative estimate of drug-likeness (QED) is 0.232. The van der Waals surface area contributed by atoms with E-state index in [9.17, 15) is 5.11 Å². The fourth-order valence-electron chi connectivity index (χ4n) is 4.25. The summed E-state index contributed by atoms with van der Waals surface area (Å²) in [5.74, 6) is 0.324. The number of aryl methyl sites for hydroxylation is 1. The number of unbranched alkanes of at least 4 members (excludes halogenated alkanes) is 3. The van der Waals surface area contributed by atoms with Gasteiger partial charge in [-0.1, -0.05) is 0 Å². The molecule has 0 amide bonds. The standard InChI is InChI=1S/C14H19O.3C4H9.Sn/c1-3-13(4-2)14(15)11-10-12-8-6-5-7-9-12;3*1-3-4-2;/h1,3,5-9,13-15H,4,10-11H2,2H3;3*1,3-4H2,2H3;/t13-,14-;;;;/m1..../s1. The fourth-order valence-corrected chi connectivity index (χ4v) is 18.7. The molecule has 1 nitrogen and oxygen atoms in total. The van der Waals surface area contributed by atoms with E-state index in [1.165, 1.54) is 57.4 Å². The molecule has 2 heteroatoms. The summed E-state index contributed by atoms with van der Waals surface area (Å²) in [4.78, 5) is 0. The maximum atomic E-state index is 10.9. The summed E-state index contributed by atoms with van der Waals surface area (Å²) in [6.45, 7) is 9.24. The minimum absolute atomic E-state index is 0.214. The van der Waals surface area contributed by atoms with E-state index in [1.807, 2.05) is 0 Å². The maximum absolute atomic E-state index is 10.9. The second-order valence-electron chi connectivity index (χ2n) is 8.70. The van der Waals surface area contributed by atoms with Gasteiger partial charge in [-0.05, 0) is 0 Å². The molecule has 2 atom stereocenters. The number of aliphatic hydroxyl groups is 1. The average molecular weight is 493 g/mol. The second kappa shape index (κ2) is 15.5. The topological polar surface area (TPSA) is 20.2 Å². The van der Waals surface area contributed by atoms with Gasteiger partial charge in [0.05, 0.1) is 0 Å². The van der Waals surface area contributed by atoms with Gasteiger partial charge in [-0.2, -0.15) is 0 Å². The Morgan fingerprint density at radius 1 is 0.857 bits per heavy atom. The third-order valence-electron chi connectivity index (χ3n) is 6.32. The van der Waals surface area contributed by atoms with E-state index in [-0.39, 0.29) is 6.10 Å². The van der Waals surface area contributed by atoms with Crippen molar-refractivity contribution in [3.63, 3.8) is 0 Å². The molecule has 0 aliphatic heterocycles. The van der Waals surface area contributed by atoms with Crippen LogP contribution >= 0.6 is 0 Å². The Bertz CT molecular complexity index is 489. The normalized spacial score (nSPS) is 14.5. The van der Waals surface area contributed by atoms with Crippen molar-refractivity contribution in [3.05, 3.63) is 46.1 Å². The Balaban J connectivity index is 2.81. The summed E-state index contributed by atoms with van der Waals surface area (Å²) in [5, 5.41) is 10.9. The number of aliphatic hydroxyl groups excluding tert-OH is 1. The van der Waals surface area contributed by atoms with Crippen molar-refractivity contribution in [1.82, 2.24) is 0 Å². The zero-order chi connectivity index (χ0) is 20.7. The first-order valence-corrected chi connectivity index (χ1v) is 19.7. The van der Waals surface area contributed by atoms with Gasteiger partial charge in [-0.15, -0.1) is 0 Å². The first-order chi connectivity index (χ1) is 13.6. The molecule has 1 aromatic carbocycles. The number of benzene rings is 1. The van der Waals surface area contributed by atoms with Gasteiger partial charge in [0.25, 0.3) is 0 Å². The van der Waals surface area contributed by atoms with Gasteiger partial charge in [-0.25, -0.2) is 0 Å². The monoisotopic (exact) mass is 494 g/mol. The van der Waals surface area contributed by atoms with Crippen LogP contribution in [-0.4, -0.2) is 29.6 Å². The van der Waals surface area contributed by atoms with Crippen molar-refractivity contribution in [3.8, 4) is 0 Å². The van der Waals surface area contributed by atoms with Crippen molar-refractivity contribution >= 4 is 18.4 Å². The van der Waals surface area contributed by atoms with Crippen molar-refractivity contribution < 1.29 is 5.11 Å². The van der Waals surface area contributed by atoms with E-state index in [0.717, 1.165) is 19.3 Å². The van der Waals surface area contributed by atoms with Gasteiger partial charge < -0.3 is 0 Å². The molecular weight excluding hydrogens is 447 g/mol. The number of hydrogen-bond donors (Lipinski definition) is 1. The molecule has 0 fully saturated rings. The molecule has 0 unspecified atom stereocenters. The molecule has 1 aromatic rings. The molecule has 0 saturated carbocycles. The van der Waals surface area contributed by atoms with Crippen LogP contribution in [0.15, 0.2) is 40.5 Å². The summed E-state index contributed by atoms with van der Waals surface area (Å²) in [5.41, 5.74) is 1.34. The molecule has 1 N–H and O–H groups in total. The van der Waals surface area contributed by atoms with Crippen LogP contribution in [0.2, 0.25) is 13.3 Å². The van der Waals surface area contributed by atoms with E-state index < -0.39 is 18.4 Å². The Labute approximate surface area is 179 Å². The molecule has 0 bridgehead atoms. The first-order valence-electron chi connectivity index (χ1n) is 12.0. The Hall–Kier alpha value is -0.281. The average Bonchev–Trinajstić information content (AvgIpc) is 2.74. The predicted octanol–water partition coefficient (Wildman–Crippen LogP) is 7.95. The van der Waals surface area contributed by atoms with E-state index in [1.54, 1.807) is 0 Å². The van der Waals surface area contributed by atoms with Crippen molar-refractivity contribution in [2.75, 3.05) is 0 Å². The van der Waals surface area contributed by atoms with Gasteiger partial charge in [0.15, 0.2) is 0 Å². The van der Waals surface area contributed by atoms with Gasteiger partial charge in [0, 0.05) is 0 Å². The first kappa shape index (κ1) is 25.8. The van der Waals surface area contributed by atoms with Gasteiger partial charge in [0.2, 0.25) is 0 Å². The van der Waals surface area contributed by atoms with Crippen molar-refractivity contribution in [2.24, 2.45) is 5.92 Å². The summed E-state index contributed by atoms with van der Waals surface area (Å²) in [6.07, 6.45) is 13.3. The van der Waals surface area contributed by atoms with Crippen LogP contribution in [0.5, 0.6) is 0 Å². The summed E-state index contributed by atoms with van der Waals surface area (Å²) < 4.78 is 7.28. The third kappa shape index (κ3) is 9.96. The molecule has 0 aliphatic rings. The fraction of sp³-hybridized carbons (Fsp3) is 0.692. The van der Waals surface area contributed by atoms with E-state index in [2.05, 4.69) is 68.2 Å². The van der Waals surface area contributed by atoms with E-state index >= 15 is 0 Å². The van der Waals surface area contributed by atoms with Crippen molar-refractivity contribution in [2.45, 2.75) is 105 Å². The molecule has 0 heterocycles. The van der Waals surface area contributed by atoms with Crippen LogP contribution in [0.1, 0.15) is 84.6 Å². The molecule has 160 valence electrons. The number of hydrogen-bond acceptors (Lipinski definition) is 1. The summed E-state index contributed by atoms with van der Waals surface area (Å²) in [7, 11) is 0. The summed E-state index contributed by atoms with van der Waals surface area (Å²) >= 11 is -2.23. The molecule has 0 spiro atoms. The molecular formula is C26H46OSn. The second-order valence-corrected chi connectivity index (χ2v) is 21.7. The Kier molecular flexibility index (Phi) is 14.3. The molecule has 0 aliphatic carbocycles. The SMILES string of the molecule is CCC[CH2][Sn](/[CH]=C/[C@H](CC)[C@H](O)CCc1ccccc1)([CH2]CCC)[CH2]CCC. The van der Waals surface area contributed by atoms with Crippen LogP contribution in [0.4, 0.5) is 0 Å². The molecule has 0 saturated heterocycles. The zero-order valence-electron chi connectivity index (χ0n) is 19.1. The zero-order valence-corrected chi connectivity index (χ0v) is 22.0. The molecule has 28 heavy (non-hydrogen) atoms. The van der Waals surface area contributed by atoms with Crippen LogP contribution in [-0.2, 0) is 6.42 Å². The van der Waals surface area contributed by atoms with Crippen LogP contribution in [0.25, 0.3) is 0 Å². The summed E-state index contributed by atoms with van der Waals surface area (Å²) in [6, 6.07) is 10.6. The van der Waals surface area contributed by atoms with Crippen LogP contribution < -0.4 is 0 Å². The van der Waals surface area contributed by atoms with Gasteiger partial charge in [0.1, 0.15) is 0 Å². The van der Waals surface area contributed by atoms with Crippen LogP contribution in [0, 0.1) is 5.92 Å². The van der Waals surface area contributed by atoms with Crippen LogP contribution in [0.3, 0.4) is 0 Å². The van der Waals surface area contributed by atoms with Gasteiger partial charge in [-0.3, -0.25) is 0 Å². The Morgan fingerprint density at radius 2 is 1.39 bits per heavy atom. The molecule has 0 aromatic heterocycles. The van der Waals surface area contributed by atoms with Gasteiger partial charge >= 0.3 is 180 Å². The number of rotatable bonds is 16. The third-order valence-corrected chi connectivity index (χ3v) is 20.4.